The summed E-state index contributed by atoms with van der Waals surface area (Å²) in [6.45, 7) is 4.18. The van der Waals surface area contributed by atoms with Gasteiger partial charge in [0.15, 0.2) is 0 Å². The van der Waals surface area contributed by atoms with Crippen molar-refractivity contribution in [2.45, 2.75) is 45.1 Å². The Bertz CT molecular complexity index is 438. The monoisotopic (exact) mass is 215 g/mol. The summed E-state index contributed by atoms with van der Waals surface area (Å²) in [5, 5.41) is 0. The van der Waals surface area contributed by atoms with E-state index in [1.807, 2.05) is 0 Å². The second-order valence-corrected chi connectivity index (χ2v) is 4.76. The highest BCUT2D eigenvalue weighted by Gasteiger charge is 2.36. The Balaban J connectivity index is 2.51. The van der Waals surface area contributed by atoms with Crippen LogP contribution in [0.25, 0.3) is 0 Å². The molecule has 0 bridgehead atoms. The van der Waals surface area contributed by atoms with E-state index in [0.717, 1.165) is 25.7 Å². The number of hydrogen-bond acceptors (Lipinski definition) is 2. The molecule has 1 aromatic carbocycles. The molecule has 84 valence electrons. The lowest BCUT2D eigenvalue weighted by Gasteiger charge is -2.25. The van der Waals surface area contributed by atoms with Crippen molar-refractivity contribution in [2.24, 2.45) is 4.99 Å². The minimum Gasteiger partial charge on any atom is -0.211 e. The molecule has 1 saturated carbocycles. The summed E-state index contributed by atoms with van der Waals surface area (Å²) in [4.78, 5) is 14.7. The minimum absolute atomic E-state index is 0.278. The maximum atomic E-state index is 10.6. The molecule has 0 N–H and O–H groups in total. The lowest BCUT2D eigenvalue weighted by molar-refractivity contribution is 0.453. The zero-order valence-corrected chi connectivity index (χ0v) is 9.92. The van der Waals surface area contributed by atoms with E-state index in [-0.39, 0.29) is 5.54 Å². The molecule has 0 atom stereocenters. The molecule has 16 heavy (non-hydrogen) atoms. The van der Waals surface area contributed by atoms with Crippen LogP contribution in [0.4, 0.5) is 0 Å². The lowest BCUT2D eigenvalue weighted by atomic mass is 9.85. The molecule has 0 aromatic heterocycles. The van der Waals surface area contributed by atoms with Crippen LogP contribution in [0.3, 0.4) is 0 Å². The van der Waals surface area contributed by atoms with Gasteiger partial charge in [-0.25, -0.2) is 4.79 Å². The molecule has 1 fully saturated rings. The fourth-order valence-corrected chi connectivity index (χ4v) is 2.82. The Morgan fingerprint density at radius 2 is 1.94 bits per heavy atom. The fourth-order valence-electron chi connectivity index (χ4n) is 2.82. The summed E-state index contributed by atoms with van der Waals surface area (Å²) >= 11 is 0. The van der Waals surface area contributed by atoms with Gasteiger partial charge in [0.05, 0.1) is 5.54 Å². The molecule has 2 rings (SSSR count). The van der Waals surface area contributed by atoms with Gasteiger partial charge in [-0.2, -0.15) is 4.99 Å². The first-order chi connectivity index (χ1) is 7.68. The molecule has 2 heteroatoms. The van der Waals surface area contributed by atoms with Crippen molar-refractivity contribution in [1.29, 1.82) is 0 Å². The average Bonchev–Trinajstić information content (AvgIpc) is 2.67. The van der Waals surface area contributed by atoms with Crippen LogP contribution in [-0.2, 0) is 10.3 Å². The summed E-state index contributed by atoms with van der Waals surface area (Å²) in [6.07, 6.45) is 6.02. The number of aryl methyl sites for hydroxylation is 2. The zero-order chi connectivity index (χ0) is 11.6. The SMILES string of the molecule is Cc1ccc(C2(N=C=O)CCCC2)c(C)c1. The molecule has 0 radical (unpaired) electrons. The standard InChI is InChI=1S/C14H17NO/c1-11-5-6-13(12(2)9-11)14(15-10-16)7-3-4-8-14/h5-6,9H,3-4,7-8H2,1-2H3. The van der Waals surface area contributed by atoms with Gasteiger partial charge in [-0.15, -0.1) is 0 Å². The van der Waals surface area contributed by atoms with Gasteiger partial charge in [-0.1, -0.05) is 36.6 Å². The molecule has 0 saturated heterocycles. The third kappa shape index (κ3) is 1.81. The highest BCUT2D eigenvalue weighted by atomic mass is 16.1. The second kappa shape index (κ2) is 4.23. The Morgan fingerprint density at radius 3 is 2.50 bits per heavy atom. The first-order valence-corrected chi connectivity index (χ1v) is 5.85. The van der Waals surface area contributed by atoms with Crippen molar-refractivity contribution in [3.8, 4) is 0 Å². The number of nitrogens with zero attached hydrogens (tertiary/aromatic N) is 1. The predicted molar refractivity (Wildman–Crippen MR) is 64.2 cm³/mol. The summed E-state index contributed by atoms with van der Waals surface area (Å²) < 4.78 is 0. The maximum Gasteiger partial charge on any atom is 0.235 e. The van der Waals surface area contributed by atoms with Crippen LogP contribution < -0.4 is 0 Å². The van der Waals surface area contributed by atoms with Gasteiger partial charge in [0.2, 0.25) is 6.08 Å². The Hall–Kier alpha value is -1.40. The Labute approximate surface area is 96.4 Å². The maximum absolute atomic E-state index is 10.6. The molecular weight excluding hydrogens is 198 g/mol. The van der Waals surface area contributed by atoms with Crippen molar-refractivity contribution < 1.29 is 4.79 Å². The zero-order valence-electron chi connectivity index (χ0n) is 9.92. The normalized spacial score (nSPS) is 18.1. The van der Waals surface area contributed by atoms with E-state index < -0.39 is 0 Å². The number of carbonyl (C=O) groups excluding carboxylic acids is 1. The van der Waals surface area contributed by atoms with E-state index in [1.165, 1.54) is 16.7 Å². The van der Waals surface area contributed by atoms with E-state index in [4.69, 9.17) is 0 Å². The van der Waals surface area contributed by atoms with E-state index in [9.17, 15) is 4.79 Å². The molecule has 0 aliphatic heterocycles. The van der Waals surface area contributed by atoms with Crippen molar-refractivity contribution in [3.05, 3.63) is 34.9 Å². The highest BCUT2D eigenvalue weighted by molar-refractivity contribution is 5.42. The Kier molecular flexibility index (Phi) is 2.93. The van der Waals surface area contributed by atoms with Gasteiger partial charge in [-0.05, 0) is 37.8 Å². The third-order valence-corrected chi connectivity index (χ3v) is 3.57. The average molecular weight is 215 g/mol. The van der Waals surface area contributed by atoms with Gasteiger partial charge >= 0.3 is 0 Å². The van der Waals surface area contributed by atoms with Gasteiger partial charge in [0.1, 0.15) is 0 Å². The van der Waals surface area contributed by atoms with Crippen LogP contribution in [-0.4, -0.2) is 6.08 Å². The number of rotatable bonds is 2. The fraction of sp³-hybridized carbons (Fsp3) is 0.500. The predicted octanol–water partition coefficient (Wildman–Crippen LogP) is 3.41. The molecule has 1 aromatic rings. The number of aliphatic imine (C=N–C) groups is 1. The Morgan fingerprint density at radius 1 is 1.25 bits per heavy atom. The van der Waals surface area contributed by atoms with Gasteiger partial charge in [0, 0.05) is 0 Å². The molecule has 2 nitrogen and oxygen atoms in total. The minimum atomic E-state index is -0.278. The first-order valence-electron chi connectivity index (χ1n) is 5.85. The topological polar surface area (TPSA) is 29.4 Å². The quantitative estimate of drug-likeness (QED) is 0.549. The summed E-state index contributed by atoms with van der Waals surface area (Å²) in [6, 6.07) is 6.38. The van der Waals surface area contributed by atoms with Crippen LogP contribution in [0, 0.1) is 13.8 Å². The summed E-state index contributed by atoms with van der Waals surface area (Å²) in [7, 11) is 0. The summed E-state index contributed by atoms with van der Waals surface area (Å²) in [5.41, 5.74) is 3.42. The van der Waals surface area contributed by atoms with Crippen molar-refractivity contribution in [1.82, 2.24) is 0 Å². The summed E-state index contributed by atoms with van der Waals surface area (Å²) in [5.74, 6) is 0. The second-order valence-electron chi connectivity index (χ2n) is 4.76. The largest absolute Gasteiger partial charge is 0.235 e. The molecule has 1 aliphatic rings. The van der Waals surface area contributed by atoms with Crippen molar-refractivity contribution >= 4 is 6.08 Å². The number of hydrogen-bond donors (Lipinski definition) is 0. The van der Waals surface area contributed by atoms with Crippen molar-refractivity contribution in [2.75, 3.05) is 0 Å². The van der Waals surface area contributed by atoms with Gasteiger partial charge in [-0.3, -0.25) is 0 Å². The van der Waals surface area contributed by atoms with Crippen LogP contribution in [0.5, 0.6) is 0 Å². The molecule has 0 heterocycles. The van der Waals surface area contributed by atoms with Crippen LogP contribution in [0.1, 0.15) is 42.4 Å². The van der Waals surface area contributed by atoms with E-state index in [2.05, 4.69) is 37.0 Å². The molecule has 0 unspecified atom stereocenters. The molecular formula is C14H17NO. The number of benzene rings is 1. The smallest absolute Gasteiger partial charge is 0.211 e. The van der Waals surface area contributed by atoms with Gasteiger partial charge in [0.25, 0.3) is 0 Å². The number of isocyanates is 1. The van der Waals surface area contributed by atoms with E-state index >= 15 is 0 Å². The first kappa shape index (κ1) is 11.1. The van der Waals surface area contributed by atoms with E-state index in [1.54, 1.807) is 6.08 Å². The molecule has 0 spiro atoms. The van der Waals surface area contributed by atoms with Crippen LogP contribution >= 0.6 is 0 Å². The van der Waals surface area contributed by atoms with Crippen LogP contribution in [0.15, 0.2) is 23.2 Å². The van der Waals surface area contributed by atoms with Crippen LogP contribution in [0.2, 0.25) is 0 Å². The van der Waals surface area contributed by atoms with Gasteiger partial charge < -0.3 is 0 Å². The molecule has 1 aliphatic carbocycles. The molecule has 0 amide bonds. The lowest BCUT2D eigenvalue weighted by Crippen LogP contribution is -2.20. The van der Waals surface area contributed by atoms with Crippen molar-refractivity contribution in [3.63, 3.8) is 0 Å². The van der Waals surface area contributed by atoms with E-state index in [0.29, 0.717) is 0 Å². The third-order valence-electron chi connectivity index (χ3n) is 3.57. The highest BCUT2D eigenvalue weighted by Crippen LogP contribution is 2.43.